The first-order valence-electron chi connectivity index (χ1n) is 13.0. The molecule has 3 aromatic rings. The van der Waals surface area contributed by atoms with Crippen molar-refractivity contribution in [1.29, 1.82) is 0 Å². The molecule has 0 bridgehead atoms. The van der Waals surface area contributed by atoms with E-state index < -0.39 is 23.7 Å². The van der Waals surface area contributed by atoms with Gasteiger partial charge in [0, 0.05) is 11.3 Å². The van der Waals surface area contributed by atoms with Crippen LogP contribution in [-0.2, 0) is 27.2 Å². The number of amides is 1. The first-order chi connectivity index (χ1) is 18.6. The van der Waals surface area contributed by atoms with Gasteiger partial charge in [0.25, 0.3) is 11.7 Å². The Labute approximate surface area is 228 Å². The lowest BCUT2D eigenvalue weighted by Crippen LogP contribution is -2.29. The fourth-order valence-electron chi connectivity index (χ4n) is 5.03. The SMILES string of the molecule is CCc1ccc(C2/C(=C(\O)c3cc(C(C)C)c(OC)cc3C)C(=O)C(=O)N2c2ccc(CC(=O)O)cc2)cc1. The third-order valence-corrected chi connectivity index (χ3v) is 7.17. The Morgan fingerprint density at radius 3 is 2.13 bits per heavy atom. The van der Waals surface area contributed by atoms with Gasteiger partial charge in [-0.05, 0) is 71.3 Å². The second kappa shape index (κ2) is 11.2. The zero-order chi connectivity index (χ0) is 28.4. The van der Waals surface area contributed by atoms with E-state index in [2.05, 4.69) is 0 Å². The van der Waals surface area contributed by atoms with Crippen molar-refractivity contribution >= 4 is 29.1 Å². The van der Waals surface area contributed by atoms with E-state index in [0.29, 0.717) is 33.7 Å². The summed E-state index contributed by atoms with van der Waals surface area (Å²) in [5.41, 5.74) is 4.83. The minimum atomic E-state index is -0.963. The number of carboxylic acid groups (broad SMARTS) is 1. The van der Waals surface area contributed by atoms with Crippen molar-refractivity contribution in [1.82, 2.24) is 0 Å². The number of anilines is 1. The number of methoxy groups -OCH3 is 1. The van der Waals surface area contributed by atoms with E-state index in [9.17, 15) is 19.5 Å². The van der Waals surface area contributed by atoms with Gasteiger partial charge in [-0.15, -0.1) is 0 Å². The number of aryl methyl sites for hydroxylation is 2. The van der Waals surface area contributed by atoms with Gasteiger partial charge in [0.05, 0.1) is 25.1 Å². The Hall–Kier alpha value is -4.39. The van der Waals surface area contributed by atoms with Gasteiger partial charge in [0.2, 0.25) is 0 Å². The fraction of sp³-hybridized carbons (Fsp3) is 0.281. The highest BCUT2D eigenvalue weighted by Crippen LogP contribution is 2.43. The van der Waals surface area contributed by atoms with Crippen molar-refractivity contribution < 1.29 is 29.3 Å². The largest absolute Gasteiger partial charge is 0.507 e. The summed E-state index contributed by atoms with van der Waals surface area (Å²) in [5.74, 6) is -1.97. The van der Waals surface area contributed by atoms with E-state index in [0.717, 1.165) is 17.5 Å². The molecule has 1 unspecified atom stereocenters. The molecule has 7 nitrogen and oxygen atoms in total. The molecular formula is C32H33NO6. The van der Waals surface area contributed by atoms with Crippen LogP contribution < -0.4 is 9.64 Å². The summed E-state index contributed by atoms with van der Waals surface area (Å²) in [6, 6.07) is 16.9. The second-order valence-electron chi connectivity index (χ2n) is 10.1. The van der Waals surface area contributed by atoms with Crippen molar-refractivity contribution in [3.63, 3.8) is 0 Å². The maximum absolute atomic E-state index is 13.6. The van der Waals surface area contributed by atoms with Crippen molar-refractivity contribution in [2.24, 2.45) is 0 Å². The number of aliphatic hydroxyl groups is 1. The van der Waals surface area contributed by atoms with Crippen LogP contribution in [0.1, 0.15) is 66.1 Å². The molecule has 39 heavy (non-hydrogen) atoms. The number of nitrogens with zero attached hydrogens (tertiary/aromatic N) is 1. The van der Waals surface area contributed by atoms with Crippen molar-refractivity contribution in [3.05, 3.63) is 99.6 Å². The predicted octanol–water partition coefficient (Wildman–Crippen LogP) is 5.94. The summed E-state index contributed by atoms with van der Waals surface area (Å²) in [5, 5.41) is 20.8. The van der Waals surface area contributed by atoms with Crippen LogP contribution in [0.3, 0.4) is 0 Å². The Morgan fingerprint density at radius 1 is 0.974 bits per heavy atom. The number of hydrogen-bond acceptors (Lipinski definition) is 5. The van der Waals surface area contributed by atoms with Gasteiger partial charge in [-0.3, -0.25) is 19.3 Å². The van der Waals surface area contributed by atoms with Gasteiger partial charge in [0.1, 0.15) is 11.5 Å². The van der Waals surface area contributed by atoms with Crippen LogP contribution in [0.5, 0.6) is 5.75 Å². The fourth-order valence-corrected chi connectivity index (χ4v) is 5.03. The Bertz CT molecular complexity index is 1450. The molecule has 3 aromatic carbocycles. The Morgan fingerprint density at radius 2 is 1.59 bits per heavy atom. The summed E-state index contributed by atoms with van der Waals surface area (Å²) < 4.78 is 5.54. The second-order valence-corrected chi connectivity index (χ2v) is 10.1. The van der Waals surface area contributed by atoms with Gasteiger partial charge < -0.3 is 14.9 Å². The number of ketones is 1. The summed E-state index contributed by atoms with van der Waals surface area (Å²) in [7, 11) is 1.59. The standard InChI is InChI=1S/C32H33NO6/c1-6-20-7-11-22(12-8-20)29-28(30(36)25-17-24(18(2)3)26(39-5)15-19(25)4)31(37)32(38)33(29)23-13-9-21(10-14-23)16-27(34)35/h7-15,17-18,29,36H,6,16H2,1-5H3,(H,34,35)/b30-28+. The van der Waals surface area contributed by atoms with Crippen LogP contribution >= 0.6 is 0 Å². The monoisotopic (exact) mass is 527 g/mol. The molecule has 1 aliphatic heterocycles. The normalized spacial score (nSPS) is 16.7. The van der Waals surface area contributed by atoms with Crippen LogP contribution in [0.2, 0.25) is 0 Å². The number of rotatable bonds is 8. The Balaban J connectivity index is 1.93. The highest BCUT2D eigenvalue weighted by molar-refractivity contribution is 6.51. The highest BCUT2D eigenvalue weighted by Gasteiger charge is 2.47. The minimum absolute atomic E-state index is 0.00170. The van der Waals surface area contributed by atoms with Crippen LogP contribution in [0.15, 0.2) is 66.2 Å². The molecule has 1 saturated heterocycles. The molecule has 0 saturated carbocycles. The molecule has 1 fully saturated rings. The number of benzene rings is 3. The lowest BCUT2D eigenvalue weighted by atomic mass is 9.90. The molecule has 1 amide bonds. The number of carboxylic acids is 1. The number of aliphatic hydroxyl groups excluding tert-OH is 1. The van der Waals surface area contributed by atoms with E-state index >= 15 is 0 Å². The quantitative estimate of drug-likeness (QED) is 0.213. The molecule has 1 aliphatic rings. The number of carbonyl (C=O) groups excluding carboxylic acids is 2. The van der Waals surface area contributed by atoms with Gasteiger partial charge in [-0.1, -0.05) is 57.2 Å². The molecule has 1 atom stereocenters. The van der Waals surface area contributed by atoms with Gasteiger partial charge >= 0.3 is 5.97 Å². The van der Waals surface area contributed by atoms with E-state index in [-0.39, 0.29) is 23.7 Å². The predicted molar refractivity (Wildman–Crippen MR) is 150 cm³/mol. The lowest BCUT2D eigenvalue weighted by molar-refractivity contribution is -0.136. The first-order valence-corrected chi connectivity index (χ1v) is 13.0. The molecule has 4 rings (SSSR count). The van der Waals surface area contributed by atoms with Crippen LogP contribution in [0.4, 0.5) is 5.69 Å². The lowest BCUT2D eigenvalue weighted by Gasteiger charge is -2.26. The first kappa shape index (κ1) is 27.6. The Kier molecular flexibility index (Phi) is 7.90. The molecule has 202 valence electrons. The molecule has 0 aromatic heterocycles. The smallest absolute Gasteiger partial charge is 0.307 e. The van der Waals surface area contributed by atoms with Crippen LogP contribution in [0, 0.1) is 6.92 Å². The average molecular weight is 528 g/mol. The number of ether oxygens (including phenoxy) is 1. The molecule has 0 aliphatic carbocycles. The van der Waals surface area contributed by atoms with E-state index in [4.69, 9.17) is 9.84 Å². The van der Waals surface area contributed by atoms with E-state index in [1.54, 1.807) is 31.4 Å². The summed E-state index contributed by atoms with van der Waals surface area (Å²) >= 11 is 0. The average Bonchev–Trinajstić information content (AvgIpc) is 3.18. The third-order valence-electron chi connectivity index (χ3n) is 7.17. The van der Waals surface area contributed by atoms with Gasteiger partial charge in [0.15, 0.2) is 0 Å². The minimum Gasteiger partial charge on any atom is -0.507 e. The molecule has 2 N–H and O–H groups in total. The summed E-state index contributed by atoms with van der Waals surface area (Å²) in [6.07, 6.45) is 0.671. The van der Waals surface area contributed by atoms with Crippen molar-refractivity contribution in [2.75, 3.05) is 12.0 Å². The van der Waals surface area contributed by atoms with E-state index in [1.165, 1.54) is 4.90 Å². The van der Waals surface area contributed by atoms with Crippen LogP contribution in [-0.4, -0.2) is 35.0 Å². The number of Topliss-reactive ketones (excluding diaryl/α,β-unsaturated/α-hetero) is 1. The summed E-state index contributed by atoms with van der Waals surface area (Å²) in [6.45, 7) is 7.89. The molecule has 0 radical (unpaired) electrons. The highest BCUT2D eigenvalue weighted by atomic mass is 16.5. The molecular weight excluding hydrogens is 494 g/mol. The zero-order valence-corrected chi connectivity index (χ0v) is 22.8. The summed E-state index contributed by atoms with van der Waals surface area (Å²) in [4.78, 5) is 39.6. The zero-order valence-electron chi connectivity index (χ0n) is 22.8. The van der Waals surface area contributed by atoms with Gasteiger partial charge in [-0.2, -0.15) is 0 Å². The molecule has 0 spiro atoms. The number of carbonyl (C=O) groups is 3. The van der Waals surface area contributed by atoms with Crippen molar-refractivity contribution in [3.8, 4) is 5.75 Å². The molecule has 1 heterocycles. The maximum Gasteiger partial charge on any atom is 0.307 e. The van der Waals surface area contributed by atoms with Gasteiger partial charge in [-0.25, -0.2) is 0 Å². The maximum atomic E-state index is 13.6. The van der Waals surface area contributed by atoms with Crippen molar-refractivity contribution in [2.45, 2.75) is 52.5 Å². The third kappa shape index (κ3) is 5.30. The molecule has 7 heteroatoms. The van der Waals surface area contributed by atoms with E-state index in [1.807, 2.05) is 64.1 Å². The van der Waals surface area contributed by atoms with Crippen LogP contribution in [0.25, 0.3) is 5.76 Å². The number of aliphatic carboxylic acids is 1. The topological polar surface area (TPSA) is 104 Å². The number of hydrogen-bond donors (Lipinski definition) is 2.